The summed E-state index contributed by atoms with van der Waals surface area (Å²) >= 11 is 0. The van der Waals surface area contributed by atoms with E-state index in [0.29, 0.717) is 30.3 Å². The van der Waals surface area contributed by atoms with Crippen molar-refractivity contribution in [3.63, 3.8) is 0 Å². The molecule has 2 N–H and O–H groups in total. The van der Waals surface area contributed by atoms with Gasteiger partial charge in [0, 0.05) is 30.4 Å². The predicted molar refractivity (Wildman–Crippen MR) is 95.4 cm³/mol. The monoisotopic (exact) mass is 357 g/mol. The zero-order valence-corrected chi connectivity index (χ0v) is 14.2. The topological polar surface area (TPSA) is 103 Å². The molecule has 1 aliphatic rings. The van der Waals surface area contributed by atoms with Crippen LogP contribution in [-0.4, -0.2) is 36.1 Å². The molecule has 0 spiro atoms. The molecule has 8 nitrogen and oxygen atoms in total. The molecule has 0 bridgehead atoms. The van der Waals surface area contributed by atoms with Gasteiger partial charge in [-0.25, -0.2) is 0 Å². The Morgan fingerprint density at radius 1 is 1.27 bits per heavy atom. The number of carbonyl (C=O) groups excluding carboxylic acids is 1. The molecular weight excluding hydrogens is 338 g/mol. The van der Waals surface area contributed by atoms with Gasteiger partial charge in [-0.05, 0) is 31.2 Å². The van der Waals surface area contributed by atoms with Crippen LogP contribution < -0.4 is 15.4 Å². The number of anilines is 1. The first-order valence-corrected chi connectivity index (χ1v) is 8.21. The fraction of sp³-hybridized carbons (Fsp3) is 0.278. The van der Waals surface area contributed by atoms with Crippen molar-refractivity contribution < 1.29 is 19.2 Å². The molecule has 1 heterocycles. The summed E-state index contributed by atoms with van der Waals surface area (Å²) in [5, 5.41) is 16.7. The summed E-state index contributed by atoms with van der Waals surface area (Å²) in [5.41, 5.74) is 0.587. The van der Waals surface area contributed by atoms with Gasteiger partial charge in [0.05, 0.1) is 17.6 Å². The maximum Gasteiger partial charge on any atom is 0.269 e. The molecule has 1 saturated heterocycles. The highest BCUT2D eigenvalue weighted by Gasteiger charge is 2.28. The number of non-ortho nitro benzene ring substituents is 1. The summed E-state index contributed by atoms with van der Waals surface area (Å²) in [7, 11) is 0. The number of morpholine rings is 1. The van der Waals surface area contributed by atoms with Crippen LogP contribution in [0.2, 0.25) is 0 Å². The second-order valence-electron chi connectivity index (χ2n) is 5.88. The van der Waals surface area contributed by atoms with E-state index in [-0.39, 0.29) is 17.7 Å². The van der Waals surface area contributed by atoms with E-state index in [4.69, 9.17) is 9.47 Å². The summed E-state index contributed by atoms with van der Waals surface area (Å²) in [6.45, 7) is 3.07. The third kappa shape index (κ3) is 4.35. The van der Waals surface area contributed by atoms with Crippen molar-refractivity contribution >= 4 is 17.3 Å². The lowest BCUT2D eigenvalue weighted by molar-refractivity contribution is -0.384. The predicted octanol–water partition coefficient (Wildman–Crippen LogP) is 2.70. The summed E-state index contributed by atoms with van der Waals surface area (Å²) < 4.78 is 11.2. The highest BCUT2D eigenvalue weighted by molar-refractivity contribution is 5.95. The molecule has 0 saturated carbocycles. The number of rotatable bonds is 5. The van der Waals surface area contributed by atoms with Crippen LogP contribution in [0.1, 0.15) is 6.92 Å². The number of nitrogens with one attached hydrogen (secondary N) is 2. The fourth-order valence-corrected chi connectivity index (χ4v) is 2.66. The first-order valence-electron chi connectivity index (χ1n) is 8.21. The number of benzene rings is 2. The number of carbonyl (C=O) groups is 1. The van der Waals surface area contributed by atoms with Crippen LogP contribution in [0.25, 0.3) is 0 Å². The lowest BCUT2D eigenvalue weighted by Crippen LogP contribution is -2.53. The highest BCUT2D eigenvalue weighted by atomic mass is 16.6. The van der Waals surface area contributed by atoms with Crippen molar-refractivity contribution in [1.82, 2.24) is 5.32 Å². The van der Waals surface area contributed by atoms with Gasteiger partial charge < -0.3 is 20.1 Å². The number of nitrogens with zero attached hydrogens (tertiary/aromatic N) is 1. The van der Waals surface area contributed by atoms with Gasteiger partial charge in [-0.15, -0.1) is 0 Å². The molecule has 2 aromatic rings. The van der Waals surface area contributed by atoms with Gasteiger partial charge in [0.15, 0.2) is 0 Å². The largest absolute Gasteiger partial charge is 0.457 e. The van der Waals surface area contributed by atoms with Crippen molar-refractivity contribution in [3.05, 3.63) is 58.6 Å². The summed E-state index contributed by atoms with van der Waals surface area (Å²) in [6.07, 6.45) is -0.205. The van der Waals surface area contributed by atoms with E-state index >= 15 is 0 Å². The summed E-state index contributed by atoms with van der Waals surface area (Å²) in [4.78, 5) is 22.6. The maximum absolute atomic E-state index is 12.4. The van der Waals surface area contributed by atoms with Crippen molar-refractivity contribution in [2.75, 3.05) is 18.5 Å². The third-order valence-corrected chi connectivity index (χ3v) is 3.98. The highest BCUT2D eigenvalue weighted by Crippen LogP contribution is 2.26. The zero-order valence-electron chi connectivity index (χ0n) is 14.2. The van der Waals surface area contributed by atoms with Crippen LogP contribution in [0.3, 0.4) is 0 Å². The summed E-state index contributed by atoms with van der Waals surface area (Å²) in [5.74, 6) is 0.803. The Balaban J connectivity index is 1.66. The number of hydrogen-bond acceptors (Lipinski definition) is 6. The quantitative estimate of drug-likeness (QED) is 0.630. The lowest BCUT2D eigenvalue weighted by Gasteiger charge is -2.29. The smallest absolute Gasteiger partial charge is 0.269 e. The molecule has 1 aliphatic heterocycles. The van der Waals surface area contributed by atoms with E-state index in [0.717, 1.165) is 0 Å². The van der Waals surface area contributed by atoms with Gasteiger partial charge in [-0.2, -0.15) is 0 Å². The van der Waals surface area contributed by atoms with E-state index in [2.05, 4.69) is 10.6 Å². The number of amides is 1. The van der Waals surface area contributed by atoms with Crippen LogP contribution in [0.4, 0.5) is 11.4 Å². The van der Waals surface area contributed by atoms with Gasteiger partial charge >= 0.3 is 0 Å². The van der Waals surface area contributed by atoms with Crippen LogP contribution in [0.15, 0.2) is 48.5 Å². The van der Waals surface area contributed by atoms with E-state index in [1.807, 2.05) is 6.92 Å². The van der Waals surface area contributed by atoms with Gasteiger partial charge in [0.25, 0.3) is 5.69 Å². The Bertz CT molecular complexity index is 794. The molecule has 2 atom stereocenters. The first kappa shape index (κ1) is 17.8. The Morgan fingerprint density at radius 3 is 2.73 bits per heavy atom. The second kappa shape index (κ2) is 7.94. The molecule has 0 unspecified atom stereocenters. The Hall–Kier alpha value is -2.97. The van der Waals surface area contributed by atoms with E-state index in [1.165, 1.54) is 24.3 Å². The number of nitro groups is 1. The second-order valence-corrected chi connectivity index (χ2v) is 5.88. The van der Waals surface area contributed by atoms with Crippen molar-refractivity contribution in [1.29, 1.82) is 0 Å². The number of hydrogen-bond donors (Lipinski definition) is 2. The standard InChI is InChI=1S/C18H19N3O5/c1-12-17(19-9-10-25-12)18(22)20-13-3-2-4-16(11-13)26-15-7-5-14(6-8-15)21(23)24/h2-8,11-12,17,19H,9-10H2,1H3,(H,20,22)/t12-,17+/m1/s1. The van der Waals surface area contributed by atoms with Gasteiger partial charge in [0.2, 0.25) is 5.91 Å². The van der Waals surface area contributed by atoms with Crippen LogP contribution in [0, 0.1) is 10.1 Å². The Morgan fingerprint density at radius 2 is 2.04 bits per heavy atom. The average Bonchev–Trinajstić information content (AvgIpc) is 2.63. The average molecular weight is 357 g/mol. The van der Waals surface area contributed by atoms with Gasteiger partial charge in [0.1, 0.15) is 17.5 Å². The molecule has 0 aromatic heterocycles. The van der Waals surface area contributed by atoms with E-state index < -0.39 is 11.0 Å². The molecule has 2 aromatic carbocycles. The lowest BCUT2D eigenvalue weighted by atomic mass is 10.1. The Kier molecular flexibility index (Phi) is 5.45. The molecule has 3 rings (SSSR count). The molecule has 1 fully saturated rings. The van der Waals surface area contributed by atoms with Crippen LogP contribution in [-0.2, 0) is 9.53 Å². The van der Waals surface area contributed by atoms with E-state index in [9.17, 15) is 14.9 Å². The van der Waals surface area contributed by atoms with Crippen molar-refractivity contribution in [3.8, 4) is 11.5 Å². The molecule has 0 aliphatic carbocycles. The molecule has 26 heavy (non-hydrogen) atoms. The maximum atomic E-state index is 12.4. The molecule has 136 valence electrons. The molecule has 1 amide bonds. The van der Waals surface area contributed by atoms with Crippen LogP contribution in [0.5, 0.6) is 11.5 Å². The van der Waals surface area contributed by atoms with E-state index in [1.54, 1.807) is 24.3 Å². The van der Waals surface area contributed by atoms with Crippen molar-refractivity contribution in [2.24, 2.45) is 0 Å². The number of nitro benzene ring substituents is 1. The molecule has 8 heteroatoms. The number of ether oxygens (including phenoxy) is 2. The minimum Gasteiger partial charge on any atom is -0.457 e. The third-order valence-electron chi connectivity index (χ3n) is 3.98. The zero-order chi connectivity index (χ0) is 18.5. The fourth-order valence-electron chi connectivity index (χ4n) is 2.66. The SMILES string of the molecule is C[C@H]1OCCN[C@@H]1C(=O)Nc1cccc(Oc2ccc([N+](=O)[O-])cc2)c1. The minimum atomic E-state index is -0.468. The normalized spacial score (nSPS) is 19.6. The summed E-state index contributed by atoms with van der Waals surface area (Å²) in [6, 6.07) is 12.3. The van der Waals surface area contributed by atoms with Crippen molar-refractivity contribution in [2.45, 2.75) is 19.1 Å². The van der Waals surface area contributed by atoms with Crippen LogP contribution >= 0.6 is 0 Å². The molecule has 0 radical (unpaired) electrons. The molecular formula is C18H19N3O5. The minimum absolute atomic E-state index is 0.00492. The van der Waals surface area contributed by atoms with Gasteiger partial charge in [-0.3, -0.25) is 14.9 Å². The van der Waals surface area contributed by atoms with Gasteiger partial charge in [-0.1, -0.05) is 6.07 Å². The Labute approximate surface area is 150 Å². The first-order chi connectivity index (χ1) is 12.5.